The number of hydrogen-bond acceptors (Lipinski definition) is 20. The number of aliphatic hydroxyl groups is 3. The van der Waals surface area contributed by atoms with Crippen LogP contribution < -0.4 is 20.8 Å². The molecule has 27 nitrogen and oxygen atoms in total. The number of hydrogen-bond donors (Lipinski definition) is 8. The SMILES string of the molecule is CO[C@@H]1[C@H](O)[C@@H](COP(=O)(O)OP(=O)(O)OP(=O)(O)OC[C@H]2O[C@@H]([n+]3cn(C)c4c(=O)[nH]c(N)nc43)[C@H](O)[C@@H]2O)O[C@H]1n1cnc2c(N(C)C)ncnc21. The summed E-state index contributed by atoms with van der Waals surface area (Å²) in [5.74, 6) is 0.217. The Balaban J connectivity index is 1.05. The van der Waals surface area contributed by atoms with Crippen LogP contribution in [0.25, 0.3) is 22.3 Å². The molecule has 2 saturated heterocycles. The highest BCUT2D eigenvalue weighted by Gasteiger charge is 2.50. The molecule has 0 amide bonds. The van der Waals surface area contributed by atoms with Gasteiger partial charge in [0.05, 0.1) is 26.6 Å². The lowest BCUT2D eigenvalue weighted by Crippen LogP contribution is -2.46. The second-order valence-corrected chi connectivity index (χ2v) is 16.8. The fourth-order valence-corrected chi connectivity index (χ4v) is 9.42. The Kier molecular flexibility index (Phi) is 11.2. The van der Waals surface area contributed by atoms with Crippen LogP contribution in [0.1, 0.15) is 12.5 Å². The van der Waals surface area contributed by atoms with Crippen molar-refractivity contribution in [1.82, 2.24) is 34.1 Å². The van der Waals surface area contributed by atoms with Gasteiger partial charge in [0.1, 0.15) is 43.0 Å². The highest BCUT2D eigenvalue weighted by molar-refractivity contribution is 7.66. The minimum atomic E-state index is -5.95. The molecule has 9 N–H and O–H groups in total. The monoisotopic (exact) mass is 829 g/mol. The first kappa shape index (κ1) is 40.3. The number of phosphoric ester groups is 2. The average molecular weight is 830 g/mol. The fourth-order valence-electron chi connectivity index (χ4n) is 5.90. The van der Waals surface area contributed by atoms with Gasteiger partial charge < -0.3 is 54.8 Å². The zero-order chi connectivity index (χ0) is 39.5. The standard InChI is InChI=1S/C24H35N10O17P3/c1-31(2)18-12-19(27-7-26-18)33(8-28-12)23-17(45-4)15(36)11(49-23)6-47-53(41,42)51-54(43,44)50-52(39,40)46-5-10-14(35)16(37)22(48-10)34-9-32(3)13-20(34)29-24(25)30-21(13)38/h7-11,14-17,22-23,35-37H,5-6H2,1-4H3,(H5-,25,29,30,38,39,40,41,42,43,44)/p+1/t10-,11-,14-,15-,16-,17-,22-,23-/m1/s1. The summed E-state index contributed by atoms with van der Waals surface area (Å²) in [7, 11) is -11.0. The molecule has 298 valence electrons. The van der Waals surface area contributed by atoms with Crippen LogP contribution in [0.2, 0.25) is 0 Å². The van der Waals surface area contributed by atoms with Gasteiger partial charge in [-0.3, -0.25) is 28.0 Å². The topological polar surface area (TPSA) is 365 Å². The molecule has 0 radical (unpaired) electrons. The molecule has 2 aliphatic heterocycles. The first-order valence-corrected chi connectivity index (χ1v) is 19.9. The summed E-state index contributed by atoms with van der Waals surface area (Å²) in [6, 6.07) is 0. The molecule has 0 aliphatic carbocycles. The van der Waals surface area contributed by atoms with Crippen LogP contribution in [-0.2, 0) is 52.6 Å². The predicted molar refractivity (Wildman–Crippen MR) is 176 cm³/mol. The molecule has 54 heavy (non-hydrogen) atoms. The van der Waals surface area contributed by atoms with Gasteiger partial charge in [0.25, 0.3) is 11.5 Å². The van der Waals surface area contributed by atoms with Crippen LogP contribution in [0.15, 0.2) is 23.8 Å². The average Bonchev–Trinajstić information content (AvgIpc) is 3.80. The largest absolute Gasteiger partial charge is 0.490 e. The minimum absolute atomic E-state index is 0.0270. The van der Waals surface area contributed by atoms with E-state index in [0.717, 1.165) is 0 Å². The van der Waals surface area contributed by atoms with Crippen molar-refractivity contribution in [2.24, 2.45) is 7.05 Å². The third kappa shape index (κ3) is 7.99. The number of nitrogens with zero attached hydrogens (tertiary/aromatic N) is 8. The zero-order valence-electron chi connectivity index (χ0n) is 28.4. The molecule has 6 heterocycles. The van der Waals surface area contributed by atoms with Crippen molar-refractivity contribution in [3.05, 3.63) is 29.3 Å². The van der Waals surface area contributed by atoms with Gasteiger partial charge in [-0.05, 0) is 0 Å². The van der Waals surface area contributed by atoms with E-state index >= 15 is 0 Å². The summed E-state index contributed by atoms with van der Waals surface area (Å²) in [5.41, 5.74) is 5.68. The number of fused-ring (bicyclic) bond motifs is 2. The van der Waals surface area contributed by atoms with Crippen molar-refractivity contribution in [2.45, 2.75) is 49.1 Å². The Hall–Kier alpha value is -3.33. The number of nitrogens with one attached hydrogen (secondary N) is 1. The lowest BCUT2D eigenvalue weighted by molar-refractivity contribution is -0.745. The fraction of sp³-hybridized carbons (Fsp3) is 0.583. The van der Waals surface area contributed by atoms with E-state index < -0.39 is 91.3 Å². The number of anilines is 2. The number of aromatic amines is 1. The van der Waals surface area contributed by atoms with Crippen LogP contribution >= 0.6 is 23.5 Å². The number of ether oxygens (including phenoxy) is 3. The van der Waals surface area contributed by atoms with Crippen molar-refractivity contribution >= 4 is 57.6 Å². The van der Waals surface area contributed by atoms with Crippen molar-refractivity contribution < 1.29 is 80.1 Å². The molecular formula is C24H36N10O17P3+. The molecule has 0 bridgehead atoms. The van der Waals surface area contributed by atoms with Gasteiger partial charge in [-0.25, -0.2) is 33.2 Å². The quantitative estimate of drug-likeness (QED) is 0.0473. The van der Waals surface area contributed by atoms with Gasteiger partial charge in [-0.15, -0.1) is 0 Å². The lowest BCUT2D eigenvalue weighted by atomic mass is 10.1. The van der Waals surface area contributed by atoms with Crippen molar-refractivity contribution in [3.63, 3.8) is 0 Å². The molecule has 4 aromatic rings. The summed E-state index contributed by atoms with van der Waals surface area (Å²) < 4.78 is 76.1. The summed E-state index contributed by atoms with van der Waals surface area (Å²) in [6.07, 6.45) is -7.68. The van der Waals surface area contributed by atoms with Crippen LogP contribution in [0.4, 0.5) is 11.8 Å². The Labute approximate surface area is 302 Å². The first-order chi connectivity index (χ1) is 25.2. The van der Waals surface area contributed by atoms with E-state index in [1.165, 1.54) is 46.8 Å². The van der Waals surface area contributed by atoms with Gasteiger partial charge in [0.15, 0.2) is 29.5 Å². The van der Waals surface area contributed by atoms with E-state index in [2.05, 4.69) is 38.1 Å². The van der Waals surface area contributed by atoms with Crippen LogP contribution in [0, 0.1) is 0 Å². The molecule has 0 spiro atoms. The number of rotatable bonds is 14. The van der Waals surface area contributed by atoms with Gasteiger partial charge in [0, 0.05) is 21.2 Å². The van der Waals surface area contributed by atoms with Crippen molar-refractivity contribution in [3.8, 4) is 0 Å². The maximum Gasteiger partial charge on any atom is 0.490 e. The van der Waals surface area contributed by atoms with E-state index in [4.69, 9.17) is 24.5 Å². The van der Waals surface area contributed by atoms with Gasteiger partial charge in [-0.1, -0.05) is 4.98 Å². The molecule has 6 rings (SSSR count). The number of aromatic nitrogens is 8. The second kappa shape index (κ2) is 15.0. The Morgan fingerprint density at radius 3 is 2.20 bits per heavy atom. The smallest absolute Gasteiger partial charge is 0.387 e. The first-order valence-electron chi connectivity index (χ1n) is 15.4. The molecule has 11 atom stereocenters. The Morgan fingerprint density at radius 2 is 1.59 bits per heavy atom. The van der Waals surface area contributed by atoms with Crippen LogP contribution in [0.3, 0.4) is 0 Å². The van der Waals surface area contributed by atoms with E-state index in [1.54, 1.807) is 19.0 Å². The number of nitrogens with two attached hydrogens (primary N) is 1. The minimum Gasteiger partial charge on any atom is -0.387 e. The Bertz CT molecular complexity index is 2240. The Morgan fingerprint density at radius 1 is 0.963 bits per heavy atom. The summed E-state index contributed by atoms with van der Waals surface area (Å²) in [4.78, 5) is 63.4. The summed E-state index contributed by atoms with van der Waals surface area (Å²) in [5, 5.41) is 32.0. The second-order valence-electron chi connectivity index (χ2n) is 12.1. The third-order valence-electron chi connectivity index (χ3n) is 8.24. The van der Waals surface area contributed by atoms with E-state index in [1.807, 2.05) is 0 Å². The number of aryl methyl sites for hydroxylation is 1. The molecule has 2 aliphatic rings. The number of H-pyrrole nitrogens is 1. The number of aliphatic hydroxyl groups excluding tert-OH is 3. The molecule has 2 fully saturated rings. The van der Waals surface area contributed by atoms with Crippen molar-refractivity contribution in [2.75, 3.05) is 45.1 Å². The van der Waals surface area contributed by atoms with Crippen molar-refractivity contribution in [1.29, 1.82) is 0 Å². The molecular weight excluding hydrogens is 793 g/mol. The van der Waals surface area contributed by atoms with E-state index in [-0.39, 0.29) is 17.1 Å². The van der Waals surface area contributed by atoms with E-state index in [9.17, 15) is 48.5 Å². The predicted octanol–water partition coefficient (Wildman–Crippen LogP) is -2.70. The van der Waals surface area contributed by atoms with Crippen LogP contribution in [0.5, 0.6) is 0 Å². The zero-order valence-corrected chi connectivity index (χ0v) is 31.1. The molecule has 30 heteroatoms. The summed E-state index contributed by atoms with van der Waals surface area (Å²) >= 11 is 0. The summed E-state index contributed by atoms with van der Waals surface area (Å²) in [6.45, 7) is -1.99. The molecule has 4 aromatic heterocycles. The molecule has 3 unspecified atom stereocenters. The lowest BCUT2D eigenvalue weighted by Gasteiger charge is -2.21. The third-order valence-corrected chi connectivity index (χ3v) is 12.5. The molecule has 0 aromatic carbocycles. The normalized spacial score (nSPS) is 29.4. The maximum atomic E-state index is 12.6. The maximum absolute atomic E-state index is 12.6. The number of methoxy groups -OCH3 is 1. The number of nitrogen functional groups attached to an aromatic ring is 1. The van der Waals surface area contributed by atoms with E-state index in [0.29, 0.717) is 17.0 Å². The number of imidazole rings is 2. The highest BCUT2D eigenvalue weighted by atomic mass is 31.3. The van der Waals surface area contributed by atoms with Gasteiger partial charge >= 0.3 is 29.1 Å². The number of phosphoric acid groups is 3. The highest BCUT2D eigenvalue weighted by Crippen LogP contribution is 2.67. The van der Waals surface area contributed by atoms with Gasteiger partial charge in [0.2, 0.25) is 11.7 Å². The van der Waals surface area contributed by atoms with Crippen LogP contribution in [-0.4, -0.2) is 135 Å². The molecule has 0 saturated carbocycles. The van der Waals surface area contributed by atoms with Gasteiger partial charge in [-0.2, -0.15) is 8.62 Å².